The molecule has 0 aromatic carbocycles. The summed E-state index contributed by atoms with van der Waals surface area (Å²) in [6, 6.07) is 2.11. The summed E-state index contributed by atoms with van der Waals surface area (Å²) in [5.74, 6) is -2.00. The van der Waals surface area contributed by atoms with Gasteiger partial charge in [0.25, 0.3) is 0 Å². The maximum absolute atomic E-state index is 11.9. The zero-order valence-corrected chi connectivity index (χ0v) is 17.6. The van der Waals surface area contributed by atoms with Gasteiger partial charge in [-0.2, -0.15) is 24.9 Å². The van der Waals surface area contributed by atoms with Crippen molar-refractivity contribution in [3.63, 3.8) is 0 Å². The fourth-order valence-electron chi connectivity index (χ4n) is 3.30. The molecular weight excluding hydrogens is 425 g/mol. The number of thioether (sulfide) groups is 1. The number of nitrogens with zero attached hydrogens (tertiary/aromatic N) is 2. The van der Waals surface area contributed by atoms with Crippen molar-refractivity contribution in [1.29, 1.82) is 0 Å². The molecule has 1 aromatic rings. The van der Waals surface area contributed by atoms with Crippen LogP contribution < -0.4 is 0 Å². The first-order chi connectivity index (χ1) is 14.0. The molecular formula is C19H25F3N2O5S. The van der Waals surface area contributed by atoms with Crippen LogP contribution in [0.5, 0.6) is 0 Å². The Kier molecular flexibility index (Phi) is 8.51. The monoisotopic (exact) mass is 450 g/mol. The van der Waals surface area contributed by atoms with Crippen LogP contribution in [0.3, 0.4) is 0 Å². The number of carbonyl (C=O) groups is 2. The lowest BCUT2D eigenvalue weighted by atomic mass is 9.84. The molecule has 3 heterocycles. The third-order valence-electron chi connectivity index (χ3n) is 4.69. The number of carboxylic acid groups (broad SMARTS) is 1. The van der Waals surface area contributed by atoms with Gasteiger partial charge < -0.3 is 19.5 Å². The Balaban J connectivity index is 0.000000396. The number of hydrogen-bond donors (Lipinski definition) is 1. The summed E-state index contributed by atoms with van der Waals surface area (Å²) < 4.78 is 43.8. The number of halogens is 3. The second-order valence-electron chi connectivity index (χ2n) is 7.31. The highest BCUT2D eigenvalue weighted by Crippen LogP contribution is 2.35. The minimum absolute atomic E-state index is 0.179. The predicted octanol–water partition coefficient (Wildman–Crippen LogP) is 2.66. The molecule has 1 atom stereocenters. The zero-order valence-electron chi connectivity index (χ0n) is 16.8. The van der Waals surface area contributed by atoms with Gasteiger partial charge in [0, 0.05) is 25.4 Å². The molecule has 1 amide bonds. The van der Waals surface area contributed by atoms with Gasteiger partial charge in [-0.1, -0.05) is 6.07 Å². The van der Waals surface area contributed by atoms with E-state index in [1.54, 1.807) is 11.8 Å². The Labute approximate surface area is 176 Å². The number of likely N-dealkylation sites (tertiary alicyclic amines) is 1. The summed E-state index contributed by atoms with van der Waals surface area (Å²) in [6.45, 7) is 4.75. The highest BCUT2D eigenvalue weighted by molar-refractivity contribution is 7.99. The van der Waals surface area contributed by atoms with Gasteiger partial charge in [0.2, 0.25) is 5.91 Å². The lowest BCUT2D eigenvalue weighted by molar-refractivity contribution is -0.201. The molecule has 1 unspecified atom stereocenters. The van der Waals surface area contributed by atoms with Crippen molar-refractivity contribution in [3.05, 3.63) is 29.6 Å². The third kappa shape index (κ3) is 7.13. The number of ether oxygens (including phenoxy) is 2. The maximum atomic E-state index is 11.9. The fourth-order valence-corrected chi connectivity index (χ4v) is 3.73. The van der Waals surface area contributed by atoms with Gasteiger partial charge >= 0.3 is 12.1 Å². The largest absolute Gasteiger partial charge is 0.490 e. The normalized spacial score (nSPS) is 20.2. The molecule has 0 aliphatic carbocycles. The van der Waals surface area contributed by atoms with Gasteiger partial charge in [0.05, 0.1) is 31.6 Å². The number of aryl methyl sites for hydroxylation is 1. The molecule has 11 heteroatoms. The first-order valence-corrected chi connectivity index (χ1v) is 10.7. The minimum Gasteiger partial charge on any atom is -0.475 e. The van der Waals surface area contributed by atoms with Crippen molar-refractivity contribution in [1.82, 2.24) is 9.88 Å². The second kappa shape index (κ2) is 10.5. The molecule has 0 saturated carbocycles. The number of carboxylic acids is 1. The van der Waals surface area contributed by atoms with Crippen LogP contribution in [0.1, 0.15) is 24.0 Å². The van der Waals surface area contributed by atoms with Crippen LogP contribution >= 0.6 is 11.8 Å². The van der Waals surface area contributed by atoms with Crippen LogP contribution in [-0.4, -0.2) is 76.5 Å². The van der Waals surface area contributed by atoms with Gasteiger partial charge in [0.15, 0.2) is 0 Å². The molecule has 30 heavy (non-hydrogen) atoms. The predicted molar refractivity (Wildman–Crippen MR) is 104 cm³/mol. The molecule has 7 nitrogen and oxygen atoms in total. The van der Waals surface area contributed by atoms with Gasteiger partial charge in [-0.05, 0) is 30.7 Å². The van der Waals surface area contributed by atoms with E-state index in [4.69, 9.17) is 19.4 Å². The lowest BCUT2D eigenvalue weighted by Gasteiger charge is -2.53. The molecule has 3 rings (SSSR count). The number of aliphatic carboxylic acids is 1. The van der Waals surface area contributed by atoms with Crippen molar-refractivity contribution in [2.75, 3.05) is 31.7 Å². The molecule has 1 N–H and O–H groups in total. The molecule has 1 spiro atoms. The number of hydrogen-bond acceptors (Lipinski definition) is 6. The number of carbonyl (C=O) groups excluding carboxylic acids is 1. The molecule has 1 aromatic heterocycles. The van der Waals surface area contributed by atoms with Crippen LogP contribution in [0.15, 0.2) is 18.5 Å². The smallest absolute Gasteiger partial charge is 0.475 e. The molecule has 0 bridgehead atoms. The van der Waals surface area contributed by atoms with Crippen molar-refractivity contribution in [3.8, 4) is 0 Å². The summed E-state index contributed by atoms with van der Waals surface area (Å²) in [7, 11) is 0. The summed E-state index contributed by atoms with van der Waals surface area (Å²) in [6.07, 6.45) is 2.56. The lowest BCUT2D eigenvalue weighted by Crippen LogP contribution is -2.67. The molecule has 2 saturated heterocycles. The molecule has 168 valence electrons. The van der Waals surface area contributed by atoms with Crippen LogP contribution in [0.2, 0.25) is 0 Å². The van der Waals surface area contributed by atoms with E-state index in [1.807, 2.05) is 30.5 Å². The van der Waals surface area contributed by atoms with E-state index in [0.717, 1.165) is 24.0 Å². The van der Waals surface area contributed by atoms with Gasteiger partial charge in [-0.25, -0.2) is 4.79 Å². The van der Waals surface area contributed by atoms with Gasteiger partial charge in [0.1, 0.15) is 5.60 Å². The van der Waals surface area contributed by atoms with Gasteiger partial charge in [-0.15, -0.1) is 0 Å². The van der Waals surface area contributed by atoms with E-state index < -0.39 is 12.1 Å². The highest BCUT2D eigenvalue weighted by atomic mass is 32.2. The summed E-state index contributed by atoms with van der Waals surface area (Å²) in [5, 5.41) is 7.12. The maximum Gasteiger partial charge on any atom is 0.490 e. The number of alkyl halides is 3. The quantitative estimate of drug-likeness (QED) is 0.738. The molecule has 2 fully saturated rings. The number of pyridine rings is 1. The fraction of sp³-hybridized carbons (Fsp3) is 0.632. The SMILES string of the molecule is CSCC(=O)N1CC2(CC(OCc3cncc(C)c3)CCO2)C1.O=C(O)C(F)(F)F. The zero-order chi connectivity index (χ0) is 22.4. The van der Waals surface area contributed by atoms with E-state index in [2.05, 4.69) is 11.1 Å². The van der Waals surface area contributed by atoms with E-state index >= 15 is 0 Å². The summed E-state index contributed by atoms with van der Waals surface area (Å²) >= 11 is 1.57. The van der Waals surface area contributed by atoms with E-state index in [9.17, 15) is 18.0 Å². The average molecular weight is 450 g/mol. The van der Waals surface area contributed by atoms with Crippen molar-refractivity contribution in [2.24, 2.45) is 0 Å². The van der Waals surface area contributed by atoms with Crippen LogP contribution in [0, 0.1) is 6.92 Å². The summed E-state index contributed by atoms with van der Waals surface area (Å²) in [5.41, 5.74) is 2.08. The first-order valence-electron chi connectivity index (χ1n) is 9.27. The van der Waals surface area contributed by atoms with Crippen LogP contribution in [0.25, 0.3) is 0 Å². The Morgan fingerprint density at radius 3 is 2.63 bits per heavy atom. The highest BCUT2D eigenvalue weighted by Gasteiger charge is 2.49. The minimum atomic E-state index is -5.08. The Morgan fingerprint density at radius 1 is 1.40 bits per heavy atom. The Morgan fingerprint density at radius 2 is 2.07 bits per heavy atom. The number of amides is 1. The second-order valence-corrected chi connectivity index (χ2v) is 8.18. The van der Waals surface area contributed by atoms with Gasteiger partial charge in [-0.3, -0.25) is 9.78 Å². The Bertz CT molecular complexity index is 741. The van der Waals surface area contributed by atoms with E-state index in [-0.39, 0.29) is 17.6 Å². The average Bonchev–Trinajstić information content (AvgIpc) is 2.64. The molecule has 2 aliphatic rings. The number of aromatic nitrogens is 1. The topological polar surface area (TPSA) is 89.0 Å². The third-order valence-corrected chi connectivity index (χ3v) is 5.22. The van der Waals surface area contributed by atoms with Crippen LogP contribution in [-0.2, 0) is 25.7 Å². The Hall–Kier alpha value is -1.85. The summed E-state index contributed by atoms with van der Waals surface area (Å²) in [4.78, 5) is 26.9. The first kappa shape index (κ1) is 24.4. The molecule has 2 aliphatic heterocycles. The van der Waals surface area contributed by atoms with Crippen molar-refractivity contribution in [2.45, 2.75) is 44.3 Å². The van der Waals surface area contributed by atoms with Crippen molar-refractivity contribution < 1.29 is 37.3 Å². The van der Waals surface area contributed by atoms with E-state index in [1.165, 1.54) is 0 Å². The molecule has 0 radical (unpaired) electrons. The number of rotatable bonds is 5. The van der Waals surface area contributed by atoms with E-state index in [0.29, 0.717) is 32.1 Å². The van der Waals surface area contributed by atoms with Crippen LogP contribution in [0.4, 0.5) is 13.2 Å². The standard InChI is InChI=1S/C17H24N2O3S.C2HF3O2/c1-13-5-14(8-18-7-13)9-21-15-3-4-22-17(6-15)11-19(12-17)16(20)10-23-2;3-2(4,5)1(6)7/h5,7-8,15H,3-4,6,9-12H2,1-2H3;(H,6,7). The van der Waals surface area contributed by atoms with Crippen molar-refractivity contribution >= 4 is 23.6 Å².